The Morgan fingerprint density at radius 3 is 2.32 bits per heavy atom. The highest BCUT2D eigenvalue weighted by Crippen LogP contribution is 2.31. The van der Waals surface area contributed by atoms with Crippen molar-refractivity contribution >= 4 is 11.6 Å². The molecule has 0 aliphatic heterocycles. The van der Waals surface area contributed by atoms with Gasteiger partial charge in [-0.2, -0.15) is 17.9 Å². The second kappa shape index (κ2) is 9.21. The molecule has 182 valence electrons. The second-order valence-electron chi connectivity index (χ2n) is 6.98. The predicted octanol–water partition coefficient (Wildman–Crippen LogP) is 3.06. The molecule has 0 saturated heterocycles. The number of ether oxygens (including phenoxy) is 1. The summed E-state index contributed by atoms with van der Waals surface area (Å²) >= 11 is 0. The standard InChI is InChI=1S/C20H16F6N4O4/c1-9(20(24,25)26)34-15-7-14(30-19(33)29(2)16(8-31)28-30)13(23)6-10(15)18(32)27-17-11(21)4-3-5-12(17)22/h3-7,9,31H,8H2,1-2H3,(H,27,32)/t9-/m0/s1. The summed E-state index contributed by atoms with van der Waals surface area (Å²) in [7, 11) is 1.21. The van der Waals surface area contributed by atoms with Crippen LogP contribution in [0.4, 0.5) is 32.0 Å². The number of hydrogen-bond acceptors (Lipinski definition) is 5. The van der Waals surface area contributed by atoms with Crippen LogP contribution < -0.4 is 15.7 Å². The Kier molecular flexibility index (Phi) is 6.72. The molecular formula is C20H16F6N4O4. The van der Waals surface area contributed by atoms with E-state index in [2.05, 4.69) is 5.10 Å². The highest BCUT2D eigenvalue weighted by molar-refractivity contribution is 6.06. The largest absolute Gasteiger partial charge is 0.480 e. The van der Waals surface area contributed by atoms with Gasteiger partial charge in [-0.05, 0) is 25.1 Å². The Balaban J connectivity index is 2.14. The molecule has 0 saturated carbocycles. The number of amides is 1. The van der Waals surface area contributed by atoms with E-state index in [9.17, 15) is 41.0 Å². The van der Waals surface area contributed by atoms with Crippen LogP contribution in [-0.2, 0) is 13.7 Å². The van der Waals surface area contributed by atoms with Gasteiger partial charge in [-0.3, -0.25) is 9.36 Å². The number of alkyl halides is 3. The summed E-state index contributed by atoms with van der Waals surface area (Å²) in [6.07, 6.45) is -7.39. The van der Waals surface area contributed by atoms with Gasteiger partial charge in [0.15, 0.2) is 11.9 Å². The quantitative estimate of drug-likeness (QED) is 0.518. The Morgan fingerprint density at radius 2 is 1.79 bits per heavy atom. The number of nitrogens with one attached hydrogen (secondary N) is 1. The summed E-state index contributed by atoms with van der Waals surface area (Å²) < 4.78 is 88.1. The molecule has 0 fully saturated rings. The molecule has 0 aliphatic carbocycles. The second-order valence-corrected chi connectivity index (χ2v) is 6.98. The van der Waals surface area contributed by atoms with Gasteiger partial charge in [0.05, 0.1) is 5.56 Å². The molecule has 0 bridgehead atoms. The maximum absolute atomic E-state index is 14.9. The van der Waals surface area contributed by atoms with E-state index in [0.717, 1.165) is 22.8 Å². The van der Waals surface area contributed by atoms with Crippen molar-refractivity contribution in [1.82, 2.24) is 14.3 Å². The maximum atomic E-state index is 14.9. The van der Waals surface area contributed by atoms with E-state index in [-0.39, 0.29) is 5.82 Å². The van der Waals surface area contributed by atoms with Crippen molar-refractivity contribution in [1.29, 1.82) is 0 Å². The van der Waals surface area contributed by atoms with Gasteiger partial charge in [-0.1, -0.05) is 6.07 Å². The number of halogens is 6. The molecule has 2 aromatic carbocycles. The molecule has 3 aromatic rings. The molecule has 14 heteroatoms. The lowest BCUT2D eigenvalue weighted by atomic mass is 10.1. The van der Waals surface area contributed by atoms with Crippen molar-refractivity contribution in [3.05, 3.63) is 69.7 Å². The van der Waals surface area contributed by atoms with E-state index >= 15 is 0 Å². The lowest BCUT2D eigenvalue weighted by Gasteiger charge is -2.20. The first-order valence-corrected chi connectivity index (χ1v) is 9.43. The zero-order valence-electron chi connectivity index (χ0n) is 17.5. The van der Waals surface area contributed by atoms with Gasteiger partial charge in [0.2, 0.25) is 0 Å². The molecule has 0 aliphatic rings. The molecule has 0 spiro atoms. The summed E-state index contributed by atoms with van der Waals surface area (Å²) in [4.78, 5) is 25.0. The Hall–Kier alpha value is -3.81. The first kappa shape index (κ1) is 24.8. The van der Waals surface area contributed by atoms with Crippen LogP contribution in [0.5, 0.6) is 5.75 Å². The summed E-state index contributed by atoms with van der Waals surface area (Å²) in [5, 5.41) is 14.8. The van der Waals surface area contributed by atoms with Gasteiger partial charge >= 0.3 is 11.9 Å². The van der Waals surface area contributed by atoms with E-state index in [1.807, 2.05) is 5.32 Å². The number of aliphatic hydroxyl groups excluding tert-OH is 1. The van der Waals surface area contributed by atoms with E-state index in [1.165, 1.54) is 7.05 Å². The van der Waals surface area contributed by atoms with Gasteiger partial charge in [0.25, 0.3) is 5.91 Å². The van der Waals surface area contributed by atoms with Crippen molar-refractivity contribution in [2.45, 2.75) is 25.8 Å². The van der Waals surface area contributed by atoms with Crippen molar-refractivity contribution in [2.24, 2.45) is 7.05 Å². The van der Waals surface area contributed by atoms with Crippen molar-refractivity contribution in [3.8, 4) is 11.4 Å². The molecular weight excluding hydrogens is 474 g/mol. The van der Waals surface area contributed by atoms with Crippen LogP contribution >= 0.6 is 0 Å². The Morgan fingerprint density at radius 1 is 1.18 bits per heavy atom. The topological polar surface area (TPSA) is 98.4 Å². The molecule has 1 aromatic heterocycles. The molecule has 34 heavy (non-hydrogen) atoms. The number of para-hydroxylation sites is 1. The molecule has 1 atom stereocenters. The van der Waals surface area contributed by atoms with Crippen LogP contribution in [0.15, 0.2) is 35.1 Å². The third-order valence-corrected chi connectivity index (χ3v) is 4.70. The zero-order chi connectivity index (χ0) is 25.4. The predicted molar refractivity (Wildman–Crippen MR) is 105 cm³/mol. The van der Waals surface area contributed by atoms with Gasteiger partial charge < -0.3 is 15.2 Å². The van der Waals surface area contributed by atoms with Gasteiger partial charge in [-0.15, -0.1) is 5.10 Å². The van der Waals surface area contributed by atoms with E-state index in [4.69, 9.17) is 4.74 Å². The number of anilines is 1. The molecule has 2 N–H and O–H groups in total. The SMILES string of the molecule is C[C@H](Oc1cc(-n2nc(CO)n(C)c2=O)c(F)cc1C(=O)Nc1c(F)cccc1F)C(F)(F)F. The Labute approximate surface area is 187 Å². The van der Waals surface area contributed by atoms with Crippen molar-refractivity contribution in [3.63, 3.8) is 0 Å². The highest BCUT2D eigenvalue weighted by atomic mass is 19.4. The van der Waals surface area contributed by atoms with Crippen LogP contribution in [-0.4, -0.2) is 37.6 Å². The first-order valence-electron chi connectivity index (χ1n) is 9.43. The van der Waals surface area contributed by atoms with Crippen molar-refractivity contribution < 1.29 is 41.0 Å². The number of carbonyl (C=O) groups excluding carboxylic acids is 1. The summed E-state index contributed by atoms with van der Waals surface area (Å²) in [5.41, 5.74) is -3.41. The lowest BCUT2D eigenvalue weighted by Crippen LogP contribution is -2.32. The molecule has 0 radical (unpaired) electrons. The number of rotatable bonds is 6. The lowest BCUT2D eigenvalue weighted by molar-refractivity contribution is -0.189. The maximum Gasteiger partial charge on any atom is 0.425 e. The molecule has 3 rings (SSSR count). The van der Waals surface area contributed by atoms with Crippen LogP contribution in [0.25, 0.3) is 5.69 Å². The monoisotopic (exact) mass is 490 g/mol. The minimum Gasteiger partial charge on any atom is -0.480 e. The molecule has 1 amide bonds. The third kappa shape index (κ3) is 4.76. The molecule has 1 heterocycles. The first-order chi connectivity index (χ1) is 15.8. The fourth-order valence-corrected chi connectivity index (χ4v) is 2.81. The number of carbonyl (C=O) groups is 1. The minimum atomic E-state index is -4.90. The van der Waals surface area contributed by atoms with Gasteiger partial charge in [0.1, 0.15) is 41.2 Å². The van der Waals surface area contributed by atoms with Crippen LogP contribution in [0.2, 0.25) is 0 Å². The number of aliphatic hydroxyl groups is 1. The van der Waals surface area contributed by atoms with E-state index in [1.54, 1.807) is 0 Å². The van der Waals surface area contributed by atoms with E-state index in [0.29, 0.717) is 23.7 Å². The fraction of sp³-hybridized carbons (Fsp3) is 0.250. The van der Waals surface area contributed by atoms with Crippen molar-refractivity contribution in [2.75, 3.05) is 5.32 Å². The number of nitrogens with zero attached hydrogens (tertiary/aromatic N) is 3. The smallest absolute Gasteiger partial charge is 0.425 e. The fourth-order valence-electron chi connectivity index (χ4n) is 2.81. The summed E-state index contributed by atoms with van der Waals surface area (Å²) in [5.74, 6) is -6.09. The minimum absolute atomic E-state index is 0.188. The average Bonchev–Trinajstić information content (AvgIpc) is 3.04. The highest BCUT2D eigenvalue weighted by Gasteiger charge is 2.39. The Bertz CT molecular complexity index is 1280. The van der Waals surface area contributed by atoms with Gasteiger partial charge in [-0.25, -0.2) is 18.0 Å². The number of benzene rings is 2. The van der Waals surface area contributed by atoms with Crippen LogP contribution in [0.1, 0.15) is 23.1 Å². The summed E-state index contributed by atoms with van der Waals surface area (Å²) in [6.45, 7) is -0.0957. The van der Waals surface area contributed by atoms with E-state index < -0.39 is 70.6 Å². The zero-order valence-corrected chi connectivity index (χ0v) is 17.5. The number of hydrogen-bond donors (Lipinski definition) is 2. The third-order valence-electron chi connectivity index (χ3n) is 4.70. The molecule has 8 nitrogen and oxygen atoms in total. The van der Waals surface area contributed by atoms with Crippen LogP contribution in [0, 0.1) is 17.5 Å². The normalized spacial score (nSPS) is 12.5. The number of aromatic nitrogens is 3. The average molecular weight is 490 g/mol. The molecule has 0 unspecified atom stereocenters. The van der Waals surface area contributed by atoms with Gasteiger partial charge in [0, 0.05) is 13.1 Å². The van der Waals surface area contributed by atoms with Crippen LogP contribution in [0.3, 0.4) is 0 Å². The summed E-state index contributed by atoms with van der Waals surface area (Å²) in [6, 6.07) is 3.69.